The topological polar surface area (TPSA) is 64.6 Å². The minimum Gasteiger partial charge on any atom is -0.324 e. The summed E-state index contributed by atoms with van der Waals surface area (Å²) in [6.45, 7) is 7.55. The fraction of sp³-hybridized carbons (Fsp3) is 0.233. The van der Waals surface area contributed by atoms with Crippen LogP contribution in [0.2, 0.25) is 10.0 Å². The van der Waals surface area contributed by atoms with Crippen LogP contribution in [0.4, 0.5) is 33.6 Å². The van der Waals surface area contributed by atoms with Crippen LogP contribution < -0.4 is 15.1 Å². The highest BCUT2D eigenvalue weighted by Crippen LogP contribution is 2.39. The van der Waals surface area contributed by atoms with Crippen molar-refractivity contribution >= 4 is 58.1 Å². The Morgan fingerprint density at radius 2 is 1.77 bits per heavy atom. The number of urea groups is 1. The van der Waals surface area contributed by atoms with Gasteiger partial charge < -0.3 is 10.2 Å². The lowest BCUT2D eigenvalue weighted by Crippen LogP contribution is -2.45. The van der Waals surface area contributed by atoms with Crippen LogP contribution >= 0.6 is 23.2 Å². The average molecular weight is 562 g/mol. The van der Waals surface area contributed by atoms with Gasteiger partial charge in [0.25, 0.3) is 0 Å². The van der Waals surface area contributed by atoms with Crippen molar-refractivity contribution in [2.24, 2.45) is 0 Å². The van der Waals surface area contributed by atoms with E-state index in [0.29, 0.717) is 27.5 Å². The molecule has 0 atom stereocenters. The minimum absolute atomic E-state index is 0.253. The Balaban J connectivity index is 1.55. The van der Waals surface area contributed by atoms with Gasteiger partial charge in [-0.05, 0) is 67.5 Å². The quantitative estimate of drug-likeness (QED) is 0.227. The predicted molar refractivity (Wildman–Crippen MR) is 160 cm³/mol. The number of rotatable bonds is 9. The van der Waals surface area contributed by atoms with Crippen molar-refractivity contribution in [3.63, 3.8) is 0 Å². The van der Waals surface area contributed by atoms with Crippen LogP contribution in [0.1, 0.15) is 25.0 Å². The van der Waals surface area contributed by atoms with Crippen LogP contribution in [0, 0.1) is 0 Å². The van der Waals surface area contributed by atoms with Crippen molar-refractivity contribution in [2.75, 3.05) is 34.8 Å². The molecule has 0 fully saturated rings. The normalized spacial score (nSPS) is 13.1. The van der Waals surface area contributed by atoms with Crippen LogP contribution in [0.3, 0.4) is 0 Å². The number of carbonyl (C=O) groups is 1. The lowest BCUT2D eigenvalue weighted by Gasteiger charge is -2.36. The lowest BCUT2D eigenvalue weighted by molar-refractivity contribution is 0.252. The number of aromatic nitrogens is 2. The number of para-hydroxylation sites is 1. The summed E-state index contributed by atoms with van der Waals surface area (Å²) >= 11 is 12.7. The molecule has 0 unspecified atom stereocenters. The van der Waals surface area contributed by atoms with Crippen LogP contribution in [-0.2, 0) is 13.0 Å². The van der Waals surface area contributed by atoms with E-state index >= 15 is 0 Å². The largest absolute Gasteiger partial charge is 0.335 e. The Labute approximate surface area is 239 Å². The standard InChI is InChI=1S/C30H30Cl2N6O/c1-3-36(4-2)16-15-21-9-8-12-25(17-21)38-28-22(19-33-29(35-28)34-24-10-6-5-7-11-24)20-37(30(38)39)27-14-13-23(31)18-26(27)32/h5-14,17-19H,3-4,15-16,20H2,1-2H3,(H,33,34,35). The first-order valence-electron chi connectivity index (χ1n) is 13.0. The van der Waals surface area contributed by atoms with Crippen molar-refractivity contribution in [1.82, 2.24) is 14.9 Å². The third-order valence-electron chi connectivity index (χ3n) is 6.81. The number of hydrogen-bond donors (Lipinski definition) is 1. The summed E-state index contributed by atoms with van der Waals surface area (Å²) in [6.07, 6.45) is 2.63. The molecule has 200 valence electrons. The highest BCUT2D eigenvalue weighted by atomic mass is 35.5. The molecule has 2 heterocycles. The average Bonchev–Trinajstić information content (AvgIpc) is 2.94. The molecule has 0 bridgehead atoms. The molecular weight excluding hydrogens is 531 g/mol. The van der Waals surface area contributed by atoms with E-state index in [1.165, 1.54) is 0 Å². The van der Waals surface area contributed by atoms with Crippen LogP contribution in [0.15, 0.2) is 79.0 Å². The van der Waals surface area contributed by atoms with Crippen LogP contribution in [-0.4, -0.2) is 40.5 Å². The van der Waals surface area contributed by atoms with Gasteiger partial charge >= 0.3 is 6.03 Å². The van der Waals surface area contributed by atoms with Crippen molar-refractivity contribution in [3.05, 3.63) is 100 Å². The fourth-order valence-corrected chi connectivity index (χ4v) is 5.17. The molecule has 5 rings (SSSR count). The van der Waals surface area contributed by atoms with Gasteiger partial charge in [-0.25, -0.2) is 14.7 Å². The van der Waals surface area contributed by atoms with E-state index in [9.17, 15) is 4.79 Å². The Morgan fingerprint density at radius 1 is 0.974 bits per heavy atom. The van der Waals surface area contributed by atoms with Gasteiger partial charge in [0.2, 0.25) is 5.95 Å². The molecule has 0 aliphatic carbocycles. The molecule has 1 aromatic heterocycles. The fourth-order valence-electron chi connectivity index (χ4n) is 4.66. The molecule has 1 N–H and O–H groups in total. The molecule has 0 saturated carbocycles. The van der Waals surface area contributed by atoms with Gasteiger partial charge in [0, 0.05) is 29.0 Å². The predicted octanol–water partition coefficient (Wildman–Crippen LogP) is 7.69. The molecule has 3 aromatic carbocycles. The van der Waals surface area contributed by atoms with E-state index in [0.717, 1.165) is 48.6 Å². The summed E-state index contributed by atoms with van der Waals surface area (Å²) in [6, 6.07) is 22.7. The molecule has 9 heteroatoms. The highest BCUT2D eigenvalue weighted by Gasteiger charge is 2.35. The third-order valence-corrected chi connectivity index (χ3v) is 7.35. The van der Waals surface area contributed by atoms with Crippen molar-refractivity contribution < 1.29 is 4.79 Å². The maximum atomic E-state index is 14.1. The Morgan fingerprint density at radius 3 is 2.51 bits per heavy atom. The van der Waals surface area contributed by atoms with Gasteiger partial charge in [0.15, 0.2) is 5.82 Å². The maximum absolute atomic E-state index is 14.1. The van der Waals surface area contributed by atoms with E-state index in [-0.39, 0.29) is 12.6 Å². The number of halogens is 2. The summed E-state index contributed by atoms with van der Waals surface area (Å²) in [5.74, 6) is 0.948. The first-order valence-corrected chi connectivity index (χ1v) is 13.8. The number of amides is 2. The molecule has 4 aromatic rings. The van der Waals surface area contributed by atoms with Gasteiger partial charge in [-0.3, -0.25) is 4.90 Å². The van der Waals surface area contributed by atoms with Gasteiger partial charge in [-0.1, -0.05) is 67.4 Å². The van der Waals surface area contributed by atoms with Gasteiger partial charge in [-0.2, -0.15) is 4.98 Å². The second-order valence-corrected chi connectivity index (χ2v) is 10.1. The number of likely N-dealkylation sites (N-methyl/N-ethyl adjacent to an activating group) is 1. The summed E-state index contributed by atoms with van der Waals surface area (Å²) in [5, 5.41) is 4.15. The minimum atomic E-state index is -0.253. The molecule has 7 nitrogen and oxygen atoms in total. The number of carbonyl (C=O) groups excluding carboxylic acids is 1. The first-order chi connectivity index (χ1) is 19.0. The van der Waals surface area contributed by atoms with E-state index in [1.54, 1.807) is 34.2 Å². The van der Waals surface area contributed by atoms with Crippen molar-refractivity contribution in [1.29, 1.82) is 0 Å². The summed E-state index contributed by atoms with van der Waals surface area (Å²) < 4.78 is 0. The molecule has 0 spiro atoms. The van der Waals surface area contributed by atoms with Crippen molar-refractivity contribution in [3.8, 4) is 0 Å². The zero-order valence-corrected chi connectivity index (χ0v) is 23.5. The number of hydrogen-bond acceptors (Lipinski definition) is 5. The van der Waals surface area contributed by atoms with E-state index < -0.39 is 0 Å². The van der Waals surface area contributed by atoms with E-state index in [2.05, 4.69) is 41.2 Å². The number of nitrogens with zero attached hydrogens (tertiary/aromatic N) is 5. The monoisotopic (exact) mass is 560 g/mol. The van der Waals surface area contributed by atoms with Gasteiger partial charge in [0.05, 0.1) is 22.9 Å². The first kappa shape index (κ1) is 26.9. The lowest BCUT2D eigenvalue weighted by atomic mass is 10.1. The zero-order valence-electron chi connectivity index (χ0n) is 21.9. The number of fused-ring (bicyclic) bond motifs is 1. The molecule has 0 radical (unpaired) electrons. The molecule has 2 amide bonds. The summed E-state index contributed by atoms with van der Waals surface area (Å²) in [7, 11) is 0. The molecule has 0 saturated heterocycles. The Bertz CT molecular complexity index is 1460. The van der Waals surface area contributed by atoms with Crippen molar-refractivity contribution in [2.45, 2.75) is 26.8 Å². The maximum Gasteiger partial charge on any atom is 0.335 e. The van der Waals surface area contributed by atoms with Crippen LogP contribution in [0.5, 0.6) is 0 Å². The second-order valence-electron chi connectivity index (χ2n) is 9.28. The molecule has 39 heavy (non-hydrogen) atoms. The number of benzene rings is 3. The van der Waals surface area contributed by atoms with Crippen LogP contribution in [0.25, 0.3) is 0 Å². The Kier molecular flexibility index (Phi) is 8.31. The summed E-state index contributed by atoms with van der Waals surface area (Å²) in [4.78, 5) is 29.1. The molecular formula is C30H30Cl2N6O. The SMILES string of the molecule is CCN(CC)CCc1cccc(N2C(=O)N(c3ccc(Cl)cc3Cl)Cc3cnc(Nc4ccccc4)nc32)c1. The number of anilines is 5. The van der Waals surface area contributed by atoms with Gasteiger partial charge in [-0.15, -0.1) is 0 Å². The second kappa shape index (κ2) is 12.0. The highest BCUT2D eigenvalue weighted by molar-refractivity contribution is 6.37. The van der Waals surface area contributed by atoms with E-state index in [1.807, 2.05) is 42.5 Å². The smallest absolute Gasteiger partial charge is 0.324 e. The van der Waals surface area contributed by atoms with E-state index in [4.69, 9.17) is 28.2 Å². The summed E-state index contributed by atoms with van der Waals surface area (Å²) in [5.41, 5.74) is 4.11. The molecule has 1 aliphatic rings. The third kappa shape index (κ3) is 6.01. The number of nitrogens with one attached hydrogen (secondary N) is 1. The van der Waals surface area contributed by atoms with Gasteiger partial charge in [0.1, 0.15) is 0 Å². The zero-order chi connectivity index (χ0) is 27.4. The molecule has 1 aliphatic heterocycles. The Hall–Kier alpha value is -3.65.